The molecule has 0 bridgehead atoms. The van der Waals surface area contributed by atoms with Crippen molar-refractivity contribution >= 4 is 14.0 Å². The first-order valence-electron chi connectivity index (χ1n) is 7.95. The maximum Gasteiger partial charge on any atom is 0.309 e. The molecule has 4 nitrogen and oxygen atoms in total. The standard InChI is InChI=1S/C16H34O4Si/c1-8-14(11-16(4,13(2)3)15(17)18)20-12-19-9-10-21(5,6)7/h13-14H,8-12H2,1-7H3,(H,17,18)/t14?,16-/m0/s1. The number of aliphatic carboxylic acids is 1. The van der Waals surface area contributed by atoms with Crippen LogP contribution in [0.5, 0.6) is 0 Å². The molecule has 0 fully saturated rings. The minimum atomic E-state index is -1.07. The molecule has 126 valence electrons. The second-order valence-electron chi connectivity index (χ2n) is 7.62. The van der Waals surface area contributed by atoms with E-state index in [0.29, 0.717) is 6.42 Å². The molecule has 0 saturated heterocycles. The number of carbonyl (C=O) groups is 1. The smallest absolute Gasteiger partial charge is 0.309 e. The average molecular weight is 319 g/mol. The molecular formula is C16H34O4Si. The Balaban J connectivity index is 4.25. The van der Waals surface area contributed by atoms with Crippen LogP contribution in [0.25, 0.3) is 0 Å². The first-order chi connectivity index (χ1) is 9.53. The monoisotopic (exact) mass is 318 g/mol. The van der Waals surface area contributed by atoms with Gasteiger partial charge in [0.1, 0.15) is 6.79 Å². The fraction of sp³-hybridized carbons (Fsp3) is 0.938. The second-order valence-corrected chi connectivity index (χ2v) is 13.2. The molecule has 0 aliphatic rings. The fourth-order valence-corrected chi connectivity index (χ4v) is 2.70. The van der Waals surface area contributed by atoms with Crippen molar-refractivity contribution in [2.24, 2.45) is 11.3 Å². The van der Waals surface area contributed by atoms with E-state index in [2.05, 4.69) is 19.6 Å². The van der Waals surface area contributed by atoms with Crippen LogP contribution in [-0.2, 0) is 14.3 Å². The molecule has 0 heterocycles. The van der Waals surface area contributed by atoms with Crippen molar-refractivity contribution in [3.63, 3.8) is 0 Å². The van der Waals surface area contributed by atoms with Gasteiger partial charge in [-0.1, -0.05) is 40.4 Å². The molecule has 2 atom stereocenters. The number of carboxylic acid groups (broad SMARTS) is 1. The molecule has 1 unspecified atom stereocenters. The lowest BCUT2D eigenvalue weighted by atomic mass is 9.74. The highest BCUT2D eigenvalue weighted by molar-refractivity contribution is 6.76. The maximum absolute atomic E-state index is 11.5. The molecule has 0 aromatic rings. The summed E-state index contributed by atoms with van der Waals surface area (Å²) in [5, 5.41) is 9.46. The lowest BCUT2D eigenvalue weighted by molar-refractivity contribution is -0.157. The van der Waals surface area contributed by atoms with Crippen molar-refractivity contribution in [2.75, 3.05) is 13.4 Å². The summed E-state index contributed by atoms with van der Waals surface area (Å²) in [6, 6.07) is 1.12. The Morgan fingerprint density at radius 1 is 1.29 bits per heavy atom. The van der Waals surface area contributed by atoms with Crippen molar-refractivity contribution in [2.45, 2.75) is 72.3 Å². The van der Waals surface area contributed by atoms with Gasteiger partial charge >= 0.3 is 5.97 Å². The summed E-state index contributed by atoms with van der Waals surface area (Å²) >= 11 is 0. The summed E-state index contributed by atoms with van der Waals surface area (Å²) in [5.41, 5.74) is -0.751. The van der Waals surface area contributed by atoms with E-state index < -0.39 is 19.5 Å². The quantitative estimate of drug-likeness (QED) is 0.352. The highest BCUT2D eigenvalue weighted by Crippen LogP contribution is 2.34. The number of rotatable bonds is 11. The zero-order valence-corrected chi connectivity index (χ0v) is 15.9. The predicted octanol–water partition coefficient (Wildman–Crippen LogP) is 4.23. The van der Waals surface area contributed by atoms with Crippen molar-refractivity contribution in [3.8, 4) is 0 Å². The molecule has 0 aromatic heterocycles. The van der Waals surface area contributed by atoms with Crippen LogP contribution in [-0.4, -0.2) is 38.7 Å². The highest BCUT2D eigenvalue weighted by atomic mass is 28.3. The fourth-order valence-electron chi connectivity index (χ4n) is 1.95. The molecule has 1 N–H and O–H groups in total. The molecule has 0 spiro atoms. The van der Waals surface area contributed by atoms with E-state index in [9.17, 15) is 9.90 Å². The van der Waals surface area contributed by atoms with Gasteiger partial charge in [-0.05, 0) is 31.7 Å². The number of hydrogen-bond acceptors (Lipinski definition) is 3. The summed E-state index contributed by atoms with van der Waals surface area (Å²) in [6.07, 6.45) is 1.25. The highest BCUT2D eigenvalue weighted by Gasteiger charge is 2.38. The van der Waals surface area contributed by atoms with Gasteiger partial charge < -0.3 is 14.6 Å². The first kappa shape index (κ1) is 20.6. The third kappa shape index (κ3) is 7.98. The van der Waals surface area contributed by atoms with Gasteiger partial charge in [0.25, 0.3) is 0 Å². The summed E-state index contributed by atoms with van der Waals surface area (Å²) in [4.78, 5) is 11.5. The van der Waals surface area contributed by atoms with Gasteiger partial charge in [0.2, 0.25) is 0 Å². The van der Waals surface area contributed by atoms with E-state index in [-0.39, 0.29) is 18.8 Å². The Morgan fingerprint density at radius 3 is 2.24 bits per heavy atom. The molecule has 5 heteroatoms. The number of ether oxygens (including phenoxy) is 2. The lowest BCUT2D eigenvalue weighted by Crippen LogP contribution is -2.37. The third-order valence-electron chi connectivity index (χ3n) is 4.25. The number of carboxylic acids is 1. The maximum atomic E-state index is 11.5. The number of hydrogen-bond donors (Lipinski definition) is 1. The van der Waals surface area contributed by atoms with Gasteiger partial charge in [-0.3, -0.25) is 4.79 Å². The van der Waals surface area contributed by atoms with Gasteiger partial charge in [0, 0.05) is 14.7 Å². The molecule has 0 aliphatic carbocycles. The largest absolute Gasteiger partial charge is 0.481 e. The minimum absolute atomic E-state index is 0.0691. The van der Waals surface area contributed by atoms with Crippen LogP contribution >= 0.6 is 0 Å². The zero-order valence-electron chi connectivity index (χ0n) is 14.9. The van der Waals surface area contributed by atoms with Gasteiger partial charge in [-0.25, -0.2) is 0 Å². The summed E-state index contributed by atoms with van der Waals surface area (Å²) in [6.45, 7) is 15.7. The van der Waals surface area contributed by atoms with E-state index in [1.165, 1.54) is 0 Å². The normalized spacial score (nSPS) is 16.8. The molecule has 0 radical (unpaired) electrons. The Morgan fingerprint density at radius 2 is 1.86 bits per heavy atom. The van der Waals surface area contributed by atoms with E-state index in [1.54, 1.807) is 6.92 Å². The van der Waals surface area contributed by atoms with Crippen LogP contribution in [0.4, 0.5) is 0 Å². The Bertz CT molecular complexity index is 312. The van der Waals surface area contributed by atoms with E-state index >= 15 is 0 Å². The first-order valence-corrected chi connectivity index (χ1v) is 11.7. The van der Waals surface area contributed by atoms with Crippen LogP contribution in [0, 0.1) is 11.3 Å². The van der Waals surface area contributed by atoms with Crippen LogP contribution in [0.2, 0.25) is 25.7 Å². The van der Waals surface area contributed by atoms with Crippen LogP contribution in [0.15, 0.2) is 0 Å². The Kier molecular flexibility index (Phi) is 8.74. The molecule has 0 rings (SSSR count). The Hall–Kier alpha value is -0.393. The van der Waals surface area contributed by atoms with E-state index in [4.69, 9.17) is 9.47 Å². The van der Waals surface area contributed by atoms with Gasteiger partial charge in [0.05, 0.1) is 11.5 Å². The summed E-state index contributed by atoms with van der Waals surface area (Å²) in [7, 11) is -1.07. The van der Waals surface area contributed by atoms with Crippen molar-refractivity contribution in [3.05, 3.63) is 0 Å². The second kappa shape index (κ2) is 8.91. The van der Waals surface area contributed by atoms with E-state index in [0.717, 1.165) is 19.1 Å². The van der Waals surface area contributed by atoms with E-state index in [1.807, 2.05) is 20.8 Å². The minimum Gasteiger partial charge on any atom is -0.481 e. The van der Waals surface area contributed by atoms with Crippen LogP contribution < -0.4 is 0 Å². The van der Waals surface area contributed by atoms with Crippen molar-refractivity contribution < 1.29 is 19.4 Å². The zero-order chi connectivity index (χ0) is 16.7. The molecular weight excluding hydrogens is 284 g/mol. The predicted molar refractivity (Wildman–Crippen MR) is 89.3 cm³/mol. The van der Waals surface area contributed by atoms with Crippen molar-refractivity contribution in [1.29, 1.82) is 0 Å². The molecule has 0 amide bonds. The lowest BCUT2D eigenvalue weighted by Gasteiger charge is -2.32. The molecule has 0 saturated carbocycles. The summed E-state index contributed by atoms with van der Waals surface area (Å²) in [5.74, 6) is -0.681. The topological polar surface area (TPSA) is 55.8 Å². The SMILES string of the molecule is CCC(C[C@](C)(C(=O)O)C(C)C)OCOCC[Si](C)(C)C. The van der Waals surface area contributed by atoms with Gasteiger partial charge in [-0.15, -0.1) is 0 Å². The van der Waals surface area contributed by atoms with Crippen molar-refractivity contribution in [1.82, 2.24) is 0 Å². The van der Waals surface area contributed by atoms with Crippen LogP contribution in [0.1, 0.15) is 40.5 Å². The Labute approximate surface area is 131 Å². The molecule has 0 aliphatic heterocycles. The average Bonchev–Trinajstić information content (AvgIpc) is 2.34. The van der Waals surface area contributed by atoms with Crippen LogP contribution in [0.3, 0.4) is 0 Å². The molecule has 0 aromatic carbocycles. The molecule has 21 heavy (non-hydrogen) atoms. The third-order valence-corrected chi connectivity index (χ3v) is 5.96. The summed E-state index contributed by atoms with van der Waals surface area (Å²) < 4.78 is 11.3. The van der Waals surface area contributed by atoms with Gasteiger partial charge in [-0.2, -0.15) is 0 Å². The van der Waals surface area contributed by atoms with Gasteiger partial charge in [0.15, 0.2) is 0 Å².